The monoisotopic (exact) mass is 370 g/mol. The molecule has 1 heterocycles. The summed E-state index contributed by atoms with van der Waals surface area (Å²) in [7, 11) is 1.33. The molecule has 0 bridgehead atoms. The smallest absolute Gasteiger partial charge is 0.337 e. The SMILES string of the molecule is COC(=O)c1ccc(C=C2SC(=S)N(Nc3ccccc3)C2=O)cc1. The number of thioether (sulfide) groups is 1. The minimum atomic E-state index is -0.398. The van der Waals surface area contributed by atoms with Gasteiger partial charge < -0.3 is 4.74 Å². The molecule has 0 saturated carbocycles. The van der Waals surface area contributed by atoms with Gasteiger partial charge in [0.25, 0.3) is 5.91 Å². The van der Waals surface area contributed by atoms with Crippen LogP contribution in [0.3, 0.4) is 0 Å². The van der Waals surface area contributed by atoms with E-state index < -0.39 is 5.97 Å². The molecule has 2 aromatic rings. The van der Waals surface area contributed by atoms with Crippen LogP contribution in [0.4, 0.5) is 5.69 Å². The van der Waals surface area contributed by atoms with Crippen molar-refractivity contribution < 1.29 is 14.3 Å². The minimum absolute atomic E-state index is 0.212. The zero-order valence-electron chi connectivity index (χ0n) is 13.3. The fourth-order valence-corrected chi connectivity index (χ4v) is 3.37. The Bertz CT molecular complexity index is 848. The zero-order valence-corrected chi connectivity index (χ0v) is 14.9. The van der Waals surface area contributed by atoms with E-state index in [2.05, 4.69) is 10.2 Å². The van der Waals surface area contributed by atoms with Crippen LogP contribution in [0.15, 0.2) is 59.5 Å². The van der Waals surface area contributed by atoms with Crippen molar-refractivity contribution in [3.05, 3.63) is 70.6 Å². The van der Waals surface area contributed by atoms with Crippen LogP contribution >= 0.6 is 24.0 Å². The Hall–Kier alpha value is -2.64. The van der Waals surface area contributed by atoms with Crippen molar-refractivity contribution in [1.82, 2.24) is 5.01 Å². The second-order valence-corrected chi connectivity index (χ2v) is 6.78. The van der Waals surface area contributed by atoms with Gasteiger partial charge in [0.1, 0.15) is 0 Å². The Morgan fingerprint density at radius 2 is 1.84 bits per heavy atom. The molecule has 0 atom stereocenters. The summed E-state index contributed by atoms with van der Waals surface area (Å²) in [5.74, 6) is -0.610. The molecule has 0 aliphatic carbocycles. The van der Waals surface area contributed by atoms with Gasteiger partial charge in [0.2, 0.25) is 0 Å². The molecule has 5 nitrogen and oxygen atoms in total. The molecule has 1 aliphatic heterocycles. The molecule has 3 rings (SSSR count). The van der Waals surface area contributed by atoms with E-state index in [1.807, 2.05) is 30.3 Å². The molecule has 126 valence electrons. The molecule has 1 amide bonds. The summed E-state index contributed by atoms with van der Waals surface area (Å²) in [6, 6.07) is 16.2. The Kier molecular flexibility index (Phi) is 5.16. The number of carbonyl (C=O) groups is 2. The van der Waals surface area contributed by atoms with E-state index in [0.29, 0.717) is 14.8 Å². The number of nitrogens with one attached hydrogen (secondary N) is 1. The van der Waals surface area contributed by atoms with E-state index in [1.54, 1.807) is 30.3 Å². The molecule has 25 heavy (non-hydrogen) atoms. The van der Waals surface area contributed by atoms with Gasteiger partial charge in [-0.3, -0.25) is 10.2 Å². The molecule has 0 spiro atoms. The Labute approximate surface area is 154 Å². The molecule has 1 saturated heterocycles. The fourth-order valence-electron chi connectivity index (χ4n) is 2.19. The van der Waals surface area contributed by atoms with Crippen molar-refractivity contribution >= 4 is 51.9 Å². The Morgan fingerprint density at radius 1 is 1.16 bits per heavy atom. The maximum atomic E-state index is 12.6. The highest BCUT2D eigenvalue weighted by Gasteiger charge is 2.32. The van der Waals surface area contributed by atoms with Gasteiger partial charge in [-0.15, -0.1) is 0 Å². The number of hydrogen-bond donors (Lipinski definition) is 1. The lowest BCUT2D eigenvalue weighted by Crippen LogP contribution is -2.33. The quantitative estimate of drug-likeness (QED) is 0.503. The van der Waals surface area contributed by atoms with Crippen LogP contribution in [0.1, 0.15) is 15.9 Å². The predicted octanol–water partition coefficient (Wildman–Crippen LogP) is 3.70. The van der Waals surface area contributed by atoms with Gasteiger partial charge in [0.15, 0.2) is 4.32 Å². The summed E-state index contributed by atoms with van der Waals surface area (Å²) in [6.45, 7) is 0. The van der Waals surface area contributed by atoms with Crippen LogP contribution in [0, 0.1) is 0 Å². The third-order valence-electron chi connectivity index (χ3n) is 3.44. The van der Waals surface area contributed by atoms with Gasteiger partial charge in [-0.2, -0.15) is 0 Å². The number of rotatable bonds is 4. The lowest BCUT2D eigenvalue weighted by molar-refractivity contribution is -0.121. The predicted molar refractivity (Wildman–Crippen MR) is 103 cm³/mol. The number of benzene rings is 2. The molecular formula is C18H14N2O3S2. The number of para-hydroxylation sites is 1. The summed E-state index contributed by atoms with van der Waals surface area (Å²) < 4.78 is 5.10. The van der Waals surface area contributed by atoms with E-state index >= 15 is 0 Å². The van der Waals surface area contributed by atoms with Crippen LogP contribution in [0.25, 0.3) is 6.08 Å². The van der Waals surface area contributed by atoms with Crippen LogP contribution in [-0.2, 0) is 9.53 Å². The zero-order chi connectivity index (χ0) is 17.8. The topological polar surface area (TPSA) is 58.6 Å². The molecule has 1 N–H and O–H groups in total. The molecule has 0 radical (unpaired) electrons. The average molecular weight is 370 g/mol. The largest absolute Gasteiger partial charge is 0.465 e. The molecule has 0 unspecified atom stereocenters. The third-order valence-corrected chi connectivity index (χ3v) is 4.74. The number of methoxy groups -OCH3 is 1. The highest BCUT2D eigenvalue weighted by molar-refractivity contribution is 8.26. The first kappa shape index (κ1) is 17.2. The molecule has 1 fully saturated rings. The van der Waals surface area contributed by atoms with Gasteiger partial charge in [-0.05, 0) is 48.1 Å². The molecule has 0 aromatic heterocycles. The van der Waals surface area contributed by atoms with Crippen LogP contribution in [-0.4, -0.2) is 28.3 Å². The number of hydrazine groups is 1. The lowest BCUT2D eigenvalue weighted by Gasteiger charge is -2.16. The summed E-state index contributed by atoms with van der Waals surface area (Å²) in [5, 5.41) is 1.35. The lowest BCUT2D eigenvalue weighted by atomic mass is 10.1. The summed E-state index contributed by atoms with van der Waals surface area (Å²) >= 11 is 6.51. The number of esters is 1. The van der Waals surface area contributed by atoms with Gasteiger partial charge >= 0.3 is 5.97 Å². The number of carbonyl (C=O) groups excluding carboxylic acids is 2. The average Bonchev–Trinajstić information content (AvgIpc) is 2.90. The van der Waals surface area contributed by atoms with Crippen molar-refractivity contribution in [2.45, 2.75) is 0 Å². The summed E-state index contributed by atoms with van der Waals surface area (Å²) in [5.41, 5.74) is 5.04. The Morgan fingerprint density at radius 3 is 2.48 bits per heavy atom. The van der Waals surface area contributed by atoms with E-state index in [0.717, 1.165) is 11.3 Å². The van der Waals surface area contributed by atoms with Crippen molar-refractivity contribution in [3.63, 3.8) is 0 Å². The number of thiocarbonyl (C=S) groups is 1. The highest BCUT2D eigenvalue weighted by atomic mass is 32.2. The van der Waals surface area contributed by atoms with Crippen LogP contribution in [0.5, 0.6) is 0 Å². The van der Waals surface area contributed by atoms with Crippen molar-refractivity contribution in [1.29, 1.82) is 0 Å². The van der Waals surface area contributed by atoms with Crippen molar-refractivity contribution in [2.75, 3.05) is 12.5 Å². The number of ether oxygens (including phenoxy) is 1. The maximum absolute atomic E-state index is 12.6. The highest BCUT2D eigenvalue weighted by Crippen LogP contribution is 2.32. The fraction of sp³-hybridized carbons (Fsp3) is 0.0556. The van der Waals surface area contributed by atoms with Crippen molar-refractivity contribution in [3.8, 4) is 0 Å². The first-order valence-corrected chi connectivity index (χ1v) is 8.59. The third kappa shape index (κ3) is 3.89. The molecule has 1 aliphatic rings. The van der Waals surface area contributed by atoms with Gasteiger partial charge in [0.05, 0.1) is 23.3 Å². The molecule has 2 aromatic carbocycles. The van der Waals surface area contributed by atoms with Gasteiger partial charge in [-0.25, -0.2) is 9.80 Å². The van der Waals surface area contributed by atoms with E-state index in [4.69, 9.17) is 12.2 Å². The summed E-state index contributed by atoms with van der Waals surface area (Å²) in [4.78, 5) is 24.5. The number of hydrogen-bond acceptors (Lipinski definition) is 6. The van der Waals surface area contributed by atoms with Gasteiger partial charge in [-0.1, -0.05) is 42.1 Å². The summed E-state index contributed by atoms with van der Waals surface area (Å²) in [6.07, 6.45) is 1.74. The van der Waals surface area contributed by atoms with E-state index in [9.17, 15) is 9.59 Å². The number of anilines is 1. The molecular weight excluding hydrogens is 356 g/mol. The van der Waals surface area contributed by atoms with E-state index in [-0.39, 0.29) is 5.91 Å². The maximum Gasteiger partial charge on any atom is 0.337 e. The van der Waals surface area contributed by atoms with E-state index in [1.165, 1.54) is 23.9 Å². The number of amides is 1. The minimum Gasteiger partial charge on any atom is -0.465 e. The first-order valence-electron chi connectivity index (χ1n) is 7.36. The van der Waals surface area contributed by atoms with Crippen molar-refractivity contribution in [2.24, 2.45) is 0 Å². The second kappa shape index (κ2) is 7.50. The first-order chi connectivity index (χ1) is 12.1. The van der Waals surface area contributed by atoms with Crippen LogP contribution < -0.4 is 5.43 Å². The van der Waals surface area contributed by atoms with Crippen LogP contribution in [0.2, 0.25) is 0 Å². The Balaban J connectivity index is 1.77. The second-order valence-electron chi connectivity index (χ2n) is 5.11. The molecule has 7 heteroatoms. The standard InChI is InChI=1S/C18H14N2O3S2/c1-23-17(22)13-9-7-12(8-10-13)11-15-16(21)20(18(24)25-15)19-14-5-3-2-4-6-14/h2-11,19H,1H3. The number of nitrogens with zero attached hydrogens (tertiary/aromatic N) is 1. The normalized spacial score (nSPS) is 15.6. The van der Waals surface area contributed by atoms with Gasteiger partial charge in [0, 0.05) is 0 Å².